The van der Waals surface area contributed by atoms with Gasteiger partial charge in [-0.2, -0.15) is 0 Å². The molecule has 0 saturated carbocycles. The molecule has 2 amide bonds. The van der Waals surface area contributed by atoms with Crippen LogP contribution in [0.4, 0.5) is 0 Å². The zero-order valence-electron chi connectivity index (χ0n) is 15.4. The monoisotopic (exact) mass is 420 g/mol. The number of amides is 2. The molecule has 4 rings (SSSR count). The van der Waals surface area contributed by atoms with Crippen molar-refractivity contribution >= 4 is 35.0 Å². The van der Waals surface area contributed by atoms with Crippen molar-refractivity contribution in [1.29, 1.82) is 0 Å². The normalized spacial score (nSPS) is 20.6. The molecular formula is C20H22Cl2N4O2. The molecule has 6 nitrogen and oxygen atoms in total. The van der Waals surface area contributed by atoms with Crippen LogP contribution in [-0.2, 0) is 4.79 Å². The number of carbonyl (C=O) groups is 2. The summed E-state index contributed by atoms with van der Waals surface area (Å²) in [6, 6.07) is 4.77. The molecular weight excluding hydrogens is 399 g/mol. The fraction of sp³-hybridized carbons (Fsp3) is 0.450. The molecule has 0 bridgehead atoms. The molecule has 0 aliphatic carbocycles. The summed E-state index contributed by atoms with van der Waals surface area (Å²) in [5, 5.41) is 0.832. The Labute approximate surface area is 174 Å². The van der Waals surface area contributed by atoms with Gasteiger partial charge in [0.15, 0.2) is 0 Å². The number of nitrogens with zero attached hydrogens (tertiary/aromatic N) is 4. The van der Waals surface area contributed by atoms with Crippen LogP contribution in [0, 0.1) is 0 Å². The Morgan fingerprint density at radius 3 is 2.36 bits per heavy atom. The first kappa shape index (κ1) is 19.3. The van der Waals surface area contributed by atoms with E-state index < -0.39 is 6.04 Å². The lowest BCUT2D eigenvalue weighted by Gasteiger charge is -2.36. The van der Waals surface area contributed by atoms with Crippen molar-refractivity contribution in [2.45, 2.75) is 37.8 Å². The van der Waals surface area contributed by atoms with E-state index in [2.05, 4.69) is 9.55 Å². The van der Waals surface area contributed by atoms with Crippen molar-refractivity contribution in [3.63, 3.8) is 0 Å². The summed E-state index contributed by atoms with van der Waals surface area (Å²) in [5.41, 5.74) is 0.427. The maximum Gasteiger partial charge on any atom is 0.254 e. The van der Waals surface area contributed by atoms with E-state index in [0.717, 1.165) is 19.3 Å². The predicted molar refractivity (Wildman–Crippen MR) is 108 cm³/mol. The average Bonchev–Trinajstić information content (AvgIpc) is 3.38. The van der Waals surface area contributed by atoms with Crippen LogP contribution in [0.15, 0.2) is 36.9 Å². The molecule has 0 N–H and O–H groups in total. The van der Waals surface area contributed by atoms with Gasteiger partial charge in [0, 0.05) is 53.7 Å². The number of likely N-dealkylation sites (tertiary alicyclic amines) is 2. The second-order valence-corrected chi connectivity index (χ2v) is 8.25. The number of imidazole rings is 1. The minimum atomic E-state index is -0.407. The van der Waals surface area contributed by atoms with Gasteiger partial charge in [-0.25, -0.2) is 4.98 Å². The topological polar surface area (TPSA) is 58.4 Å². The summed E-state index contributed by atoms with van der Waals surface area (Å²) in [7, 11) is 0. The molecule has 0 radical (unpaired) electrons. The highest BCUT2D eigenvalue weighted by Crippen LogP contribution is 2.28. The van der Waals surface area contributed by atoms with Gasteiger partial charge in [0.25, 0.3) is 5.91 Å². The van der Waals surface area contributed by atoms with E-state index in [0.29, 0.717) is 47.7 Å². The summed E-state index contributed by atoms with van der Waals surface area (Å²) >= 11 is 12.1. The molecule has 0 spiro atoms. The average molecular weight is 421 g/mol. The standard InChI is InChI=1S/C20H22Cl2N4O2/c21-15-10-14(11-16(22)12-15)19(27)26-6-1-2-18(26)20(28)24-7-3-17(4-8-24)25-9-5-23-13-25/h5,9-13,17-18H,1-4,6-8H2. The number of carbonyl (C=O) groups excluding carboxylic acids is 2. The molecule has 2 fully saturated rings. The van der Waals surface area contributed by atoms with Crippen molar-refractivity contribution < 1.29 is 9.59 Å². The van der Waals surface area contributed by atoms with E-state index in [-0.39, 0.29) is 11.8 Å². The Hall–Kier alpha value is -2.05. The maximum absolute atomic E-state index is 13.1. The second kappa shape index (κ2) is 8.13. The number of hydrogen-bond donors (Lipinski definition) is 0. The number of halogens is 2. The molecule has 2 aromatic rings. The molecule has 148 valence electrons. The van der Waals surface area contributed by atoms with Gasteiger partial charge in [-0.15, -0.1) is 0 Å². The van der Waals surface area contributed by atoms with Gasteiger partial charge in [0.1, 0.15) is 6.04 Å². The van der Waals surface area contributed by atoms with Gasteiger partial charge in [0.05, 0.1) is 6.33 Å². The van der Waals surface area contributed by atoms with Gasteiger partial charge < -0.3 is 14.4 Å². The third kappa shape index (κ3) is 3.89. The summed E-state index contributed by atoms with van der Waals surface area (Å²) in [5.74, 6) is -0.142. The molecule has 1 unspecified atom stereocenters. The van der Waals surface area contributed by atoms with E-state index in [1.165, 1.54) is 0 Å². The molecule has 28 heavy (non-hydrogen) atoms. The third-order valence-electron chi connectivity index (χ3n) is 5.63. The van der Waals surface area contributed by atoms with Crippen molar-refractivity contribution in [2.75, 3.05) is 19.6 Å². The van der Waals surface area contributed by atoms with Crippen molar-refractivity contribution in [3.05, 3.63) is 52.5 Å². The van der Waals surface area contributed by atoms with E-state index in [1.54, 1.807) is 29.3 Å². The molecule has 2 aliphatic rings. The lowest BCUT2D eigenvalue weighted by atomic mass is 10.0. The van der Waals surface area contributed by atoms with Crippen LogP contribution < -0.4 is 0 Å². The molecule has 1 aromatic heterocycles. The van der Waals surface area contributed by atoms with E-state index in [1.807, 2.05) is 17.4 Å². The van der Waals surface area contributed by atoms with Crippen LogP contribution in [0.1, 0.15) is 42.1 Å². The van der Waals surface area contributed by atoms with E-state index >= 15 is 0 Å². The third-order valence-corrected chi connectivity index (χ3v) is 6.07. The Balaban J connectivity index is 1.43. The van der Waals surface area contributed by atoms with Gasteiger partial charge in [-0.3, -0.25) is 9.59 Å². The van der Waals surface area contributed by atoms with Crippen LogP contribution in [-0.4, -0.2) is 56.8 Å². The Morgan fingerprint density at radius 1 is 1.00 bits per heavy atom. The van der Waals surface area contributed by atoms with Gasteiger partial charge in [-0.05, 0) is 43.9 Å². The van der Waals surface area contributed by atoms with E-state index in [4.69, 9.17) is 23.2 Å². The lowest BCUT2D eigenvalue weighted by Crippen LogP contribution is -2.50. The highest BCUT2D eigenvalue weighted by molar-refractivity contribution is 6.35. The largest absolute Gasteiger partial charge is 0.341 e. The highest BCUT2D eigenvalue weighted by Gasteiger charge is 2.38. The number of rotatable bonds is 3. The quantitative estimate of drug-likeness (QED) is 0.760. The van der Waals surface area contributed by atoms with Crippen molar-refractivity contribution in [1.82, 2.24) is 19.4 Å². The Bertz CT molecular complexity index is 843. The van der Waals surface area contributed by atoms with Crippen LogP contribution >= 0.6 is 23.2 Å². The number of hydrogen-bond acceptors (Lipinski definition) is 3. The predicted octanol–water partition coefficient (Wildman–Crippen LogP) is 3.66. The number of benzene rings is 1. The number of aromatic nitrogens is 2. The molecule has 8 heteroatoms. The zero-order valence-corrected chi connectivity index (χ0v) is 16.9. The first-order valence-corrected chi connectivity index (χ1v) is 10.3. The SMILES string of the molecule is O=C(C1CCCN1C(=O)c1cc(Cl)cc(Cl)c1)N1CCC(n2ccnc2)CC1. The second-order valence-electron chi connectivity index (χ2n) is 7.38. The summed E-state index contributed by atoms with van der Waals surface area (Å²) < 4.78 is 2.11. The lowest BCUT2D eigenvalue weighted by molar-refractivity contribution is -0.136. The molecule has 2 aliphatic heterocycles. The van der Waals surface area contributed by atoms with Gasteiger partial charge >= 0.3 is 0 Å². The molecule has 2 saturated heterocycles. The minimum Gasteiger partial charge on any atom is -0.341 e. The first-order valence-electron chi connectivity index (χ1n) is 9.56. The zero-order chi connectivity index (χ0) is 19.7. The summed E-state index contributed by atoms with van der Waals surface area (Å²) in [6.07, 6.45) is 8.88. The maximum atomic E-state index is 13.1. The fourth-order valence-corrected chi connectivity index (χ4v) is 4.72. The Kier molecular flexibility index (Phi) is 5.60. The fourth-order valence-electron chi connectivity index (χ4n) is 4.19. The summed E-state index contributed by atoms with van der Waals surface area (Å²) in [6.45, 7) is 1.97. The number of piperidine rings is 1. The van der Waals surface area contributed by atoms with Gasteiger partial charge in [0.2, 0.25) is 5.91 Å². The van der Waals surface area contributed by atoms with Crippen LogP contribution in [0.5, 0.6) is 0 Å². The van der Waals surface area contributed by atoms with Crippen molar-refractivity contribution in [3.8, 4) is 0 Å². The smallest absolute Gasteiger partial charge is 0.254 e. The molecule has 1 aromatic carbocycles. The first-order chi connectivity index (χ1) is 13.5. The molecule has 1 atom stereocenters. The minimum absolute atomic E-state index is 0.0445. The Morgan fingerprint density at radius 2 is 1.71 bits per heavy atom. The van der Waals surface area contributed by atoms with Crippen LogP contribution in [0.3, 0.4) is 0 Å². The van der Waals surface area contributed by atoms with E-state index in [9.17, 15) is 9.59 Å². The van der Waals surface area contributed by atoms with Crippen LogP contribution in [0.25, 0.3) is 0 Å². The summed E-state index contributed by atoms with van der Waals surface area (Å²) in [4.78, 5) is 33.8. The van der Waals surface area contributed by atoms with Gasteiger partial charge in [-0.1, -0.05) is 23.2 Å². The van der Waals surface area contributed by atoms with Crippen molar-refractivity contribution in [2.24, 2.45) is 0 Å². The molecule has 3 heterocycles. The highest BCUT2D eigenvalue weighted by atomic mass is 35.5. The van der Waals surface area contributed by atoms with Crippen LogP contribution in [0.2, 0.25) is 10.0 Å².